The average Bonchev–Trinajstić information content (AvgIpc) is 3.20. The second-order valence-electron chi connectivity index (χ2n) is 5.77. The van der Waals surface area contributed by atoms with E-state index in [9.17, 15) is 4.79 Å². The molecule has 1 amide bonds. The number of amides is 1. The van der Waals surface area contributed by atoms with Gasteiger partial charge in [-0.2, -0.15) is 0 Å². The molecule has 2 aromatic rings. The number of nitrogens with zero attached hydrogens (tertiary/aromatic N) is 1. The fourth-order valence-corrected chi connectivity index (χ4v) is 2.83. The zero-order valence-electron chi connectivity index (χ0n) is 13.2. The average molecular weight is 298 g/mol. The summed E-state index contributed by atoms with van der Waals surface area (Å²) in [7, 11) is 0. The van der Waals surface area contributed by atoms with Crippen LogP contribution >= 0.6 is 0 Å². The van der Waals surface area contributed by atoms with Crippen LogP contribution in [0.1, 0.15) is 41.6 Å². The highest BCUT2D eigenvalue weighted by Crippen LogP contribution is 2.26. The van der Waals surface area contributed by atoms with Crippen molar-refractivity contribution in [1.82, 2.24) is 0 Å². The third-order valence-electron chi connectivity index (χ3n) is 4.16. The summed E-state index contributed by atoms with van der Waals surface area (Å²) in [6.07, 6.45) is 3.31. The predicted octanol–water partition coefficient (Wildman–Crippen LogP) is 4.00. The van der Waals surface area contributed by atoms with Crippen molar-refractivity contribution >= 4 is 17.3 Å². The van der Waals surface area contributed by atoms with Crippen LogP contribution in [0.15, 0.2) is 34.7 Å². The van der Waals surface area contributed by atoms with Crippen LogP contribution in [0.5, 0.6) is 0 Å². The fourth-order valence-electron chi connectivity index (χ4n) is 2.83. The molecule has 1 saturated heterocycles. The first-order chi connectivity index (χ1) is 10.7. The molecule has 2 heterocycles. The maximum atomic E-state index is 12.2. The smallest absolute Gasteiger partial charge is 0.291 e. The van der Waals surface area contributed by atoms with Gasteiger partial charge < -0.3 is 14.6 Å². The second-order valence-corrected chi connectivity index (χ2v) is 5.77. The summed E-state index contributed by atoms with van der Waals surface area (Å²) in [6, 6.07) is 9.76. The predicted molar refractivity (Wildman–Crippen MR) is 88.7 cm³/mol. The summed E-state index contributed by atoms with van der Waals surface area (Å²) in [4.78, 5) is 14.6. The van der Waals surface area contributed by atoms with E-state index in [0.717, 1.165) is 36.5 Å². The molecule has 0 radical (unpaired) electrons. The van der Waals surface area contributed by atoms with Gasteiger partial charge in [-0.05, 0) is 55.7 Å². The number of furan rings is 1. The van der Waals surface area contributed by atoms with Crippen molar-refractivity contribution in [3.63, 3.8) is 0 Å². The van der Waals surface area contributed by atoms with E-state index in [2.05, 4.69) is 22.3 Å². The highest BCUT2D eigenvalue weighted by atomic mass is 16.3. The number of rotatable bonds is 4. The number of carbonyl (C=O) groups excluding carboxylic acids is 1. The SMILES string of the molecule is CCc1ccc(C(=O)Nc2ccc(N3CCCC3)cc2C)o1. The minimum absolute atomic E-state index is 0.197. The first-order valence-electron chi connectivity index (χ1n) is 7.93. The zero-order valence-corrected chi connectivity index (χ0v) is 13.2. The molecule has 0 saturated carbocycles. The summed E-state index contributed by atoms with van der Waals surface area (Å²) < 4.78 is 5.49. The van der Waals surface area contributed by atoms with Crippen molar-refractivity contribution in [3.8, 4) is 0 Å². The highest BCUT2D eigenvalue weighted by Gasteiger charge is 2.15. The van der Waals surface area contributed by atoms with E-state index < -0.39 is 0 Å². The number of anilines is 2. The van der Waals surface area contributed by atoms with Gasteiger partial charge >= 0.3 is 0 Å². The molecule has 116 valence electrons. The summed E-state index contributed by atoms with van der Waals surface area (Å²) >= 11 is 0. The van der Waals surface area contributed by atoms with Crippen LogP contribution < -0.4 is 10.2 Å². The first kappa shape index (κ1) is 14.7. The minimum Gasteiger partial charge on any atom is -0.456 e. The molecule has 1 aromatic carbocycles. The maximum absolute atomic E-state index is 12.2. The Labute approximate surface area is 131 Å². The van der Waals surface area contributed by atoms with Gasteiger partial charge in [0.15, 0.2) is 5.76 Å². The molecule has 1 N–H and O–H groups in total. The van der Waals surface area contributed by atoms with E-state index in [4.69, 9.17) is 4.42 Å². The Morgan fingerprint density at radius 2 is 2.00 bits per heavy atom. The van der Waals surface area contributed by atoms with Crippen molar-refractivity contribution in [1.29, 1.82) is 0 Å². The molecular weight excluding hydrogens is 276 g/mol. The van der Waals surface area contributed by atoms with Crippen molar-refractivity contribution in [3.05, 3.63) is 47.4 Å². The van der Waals surface area contributed by atoms with Gasteiger partial charge in [-0.3, -0.25) is 4.79 Å². The number of hydrogen-bond acceptors (Lipinski definition) is 3. The second kappa shape index (κ2) is 6.26. The Balaban J connectivity index is 1.73. The van der Waals surface area contributed by atoms with E-state index in [1.165, 1.54) is 18.5 Å². The van der Waals surface area contributed by atoms with Crippen molar-refractivity contribution in [2.45, 2.75) is 33.1 Å². The zero-order chi connectivity index (χ0) is 15.5. The summed E-state index contributed by atoms with van der Waals surface area (Å²) in [5.74, 6) is 0.989. The number of carbonyl (C=O) groups is 1. The van der Waals surface area contributed by atoms with Gasteiger partial charge in [-0.25, -0.2) is 0 Å². The van der Waals surface area contributed by atoms with Crippen LogP contribution in [0.4, 0.5) is 11.4 Å². The van der Waals surface area contributed by atoms with Crippen LogP contribution in [0.2, 0.25) is 0 Å². The van der Waals surface area contributed by atoms with E-state index in [1.807, 2.05) is 26.0 Å². The van der Waals surface area contributed by atoms with Gasteiger partial charge in [0.05, 0.1) is 0 Å². The van der Waals surface area contributed by atoms with Crippen LogP contribution in [0.25, 0.3) is 0 Å². The Morgan fingerprint density at radius 3 is 2.64 bits per heavy atom. The largest absolute Gasteiger partial charge is 0.456 e. The van der Waals surface area contributed by atoms with Crippen molar-refractivity contribution in [2.24, 2.45) is 0 Å². The molecule has 0 atom stereocenters. The molecule has 22 heavy (non-hydrogen) atoms. The van der Waals surface area contributed by atoms with Gasteiger partial charge in [0.1, 0.15) is 5.76 Å². The molecule has 1 aromatic heterocycles. The molecule has 0 spiro atoms. The molecule has 0 bridgehead atoms. The number of benzene rings is 1. The van der Waals surface area contributed by atoms with Gasteiger partial charge in [-0.1, -0.05) is 6.92 Å². The Bertz CT molecular complexity index is 669. The molecule has 1 aliphatic heterocycles. The summed E-state index contributed by atoms with van der Waals surface area (Å²) in [5, 5.41) is 2.93. The van der Waals surface area contributed by atoms with E-state index in [0.29, 0.717) is 5.76 Å². The lowest BCUT2D eigenvalue weighted by atomic mass is 10.1. The normalized spacial score (nSPS) is 14.4. The van der Waals surface area contributed by atoms with Crippen LogP contribution in [0.3, 0.4) is 0 Å². The third kappa shape index (κ3) is 3.01. The molecule has 1 fully saturated rings. The molecule has 3 rings (SSSR count). The van der Waals surface area contributed by atoms with E-state index >= 15 is 0 Å². The van der Waals surface area contributed by atoms with Crippen molar-refractivity contribution in [2.75, 3.05) is 23.3 Å². The maximum Gasteiger partial charge on any atom is 0.291 e. The highest BCUT2D eigenvalue weighted by molar-refractivity contribution is 6.02. The molecule has 4 heteroatoms. The lowest BCUT2D eigenvalue weighted by Gasteiger charge is -2.19. The van der Waals surface area contributed by atoms with E-state index in [-0.39, 0.29) is 5.91 Å². The quantitative estimate of drug-likeness (QED) is 0.928. The van der Waals surface area contributed by atoms with Crippen LogP contribution in [0, 0.1) is 6.92 Å². The monoisotopic (exact) mass is 298 g/mol. The lowest BCUT2D eigenvalue weighted by Crippen LogP contribution is -2.18. The summed E-state index contributed by atoms with van der Waals surface area (Å²) in [6.45, 7) is 6.27. The molecule has 4 nitrogen and oxygen atoms in total. The molecule has 1 aliphatic rings. The van der Waals surface area contributed by atoms with Crippen LogP contribution in [-0.4, -0.2) is 19.0 Å². The van der Waals surface area contributed by atoms with Crippen molar-refractivity contribution < 1.29 is 9.21 Å². The van der Waals surface area contributed by atoms with E-state index in [1.54, 1.807) is 6.07 Å². The lowest BCUT2D eigenvalue weighted by molar-refractivity contribution is 0.0995. The standard InChI is InChI=1S/C18H22N2O2/c1-3-15-7-9-17(22-15)18(21)19-16-8-6-14(12-13(16)2)20-10-4-5-11-20/h6-9,12H,3-5,10-11H2,1-2H3,(H,19,21). The van der Waals surface area contributed by atoms with Gasteiger partial charge in [0, 0.05) is 30.9 Å². The Hall–Kier alpha value is -2.23. The van der Waals surface area contributed by atoms with Gasteiger partial charge in [0.25, 0.3) is 5.91 Å². The Morgan fingerprint density at radius 1 is 1.23 bits per heavy atom. The Kier molecular flexibility index (Phi) is 4.18. The third-order valence-corrected chi connectivity index (χ3v) is 4.16. The topological polar surface area (TPSA) is 45.5 Å². The van der Waals surface area contributed by atoms with Gasteiger partial charge in [-0.15, -0.1) is 0 Å². The van der Waals surface area contributed by atoms with Gasteiger partial charge in [0.2, 0.25) is 0 Å². The fraction of sp³-hybridized carbons (Fsp3) is 0.389. The summed E-state index contributed by atoms with van der Waals surface area (Å²) in [5.41, 5.74) is 3.14. The van der Waals surface area contributed by atoms with Crippen LogP contribution in [-0.2, 0) is 6.42 Å². The number of hydrogen-bond donors (Lipinski definition) is 1. The number of nitrogens with one attached hydrogen (secondary N) is 1. The minimum atomic E-state index is -0.197. The molecule has 0 aliphatic carbocycles. The molecule has 0 unspecified atom stereocenters. The first-order valence-corrected chi connectivity index (χ1v) is 7.93. The molecular formula is C18H22N2O2. The number of aryl methyl sites for hydroxylation is 2.